The third-order valence-corrected chi connectivity index (χ3v) is 4.76. The molecule has 0 aromatic carbocycles. The number of nitrogens with zero attached hydrogens (tertiary/aromatic N) is 2. The van der Waals surface area contributed by atoms with Gasteiger partial charge in [0.2, 0.25) is 0 Å². The van der Waals surface area contributed by atoms with E-state index in [1.807, 2.05) is 41.5 Å². The Balaban J connectivity index is 0.000000280. The van der Waals surface area contributed by atoms with Crippen molar-refractivity contribution < 1.29 is 19.1 Å². The van der Waals surface area contributed by atoms with Crippen LogP contribution in [0.15, 0.2) is 0 Å². The summed E-state index contributed by atoms with van der Waals surface area (Å²) in [4.78, 5) is 26.4. The van der Waals surface area contributed by atoms with Gasteiger partial charge in [0, 0.05) is 38.3 Å². The van der Waals surface area contributed by atoms with Gasteiger partial charge in [0.1, 0.15) is 11.2 Å². The average molecular weight is 401 g/mol. The van der Waals surface area contributed by atoms with E-state index in [1.54, 1.807) is 23.9 Å². The summed E-state index contributed by atoms with van der Waals surface area (Å²) in [7, 11) is 3.54. The minimum Gasteiger partial charge on any atom is -0.444 e. The first-order chi connectivity index (χ1) is 12.6. The lowest BCUT2D eigenvalue weighted by atomic mass is 9.87. The summed E-state index contributed by atoms with van der Waals surface area (Å²) in [5.74, 6) is 0. The Bertz CT molecular complexity index is 481. The molecule has 28 heavy (non-hydrogen) atoms. The molecule has 0 aromatic heterocycles. The van der Waals surface area contributed by atoms with Crippen molar-refractivity contribution in [1.82, 2.24) is 9.80 Å². The third kappa shape index (κ3) is 8.22. The van der Waals surface area contributed by atoms with Gasteiger partial charge in [-0.2, -0.15) is 0 Å². The molecule has 164 valence electrons. The van der Waals surface area contributed by atoms with E-state index in [4.69, 9.17) is 20.9 Å². The molecular formula is C20H40N4O4. The van der Waals surface area contributed by atoms with Crippen molar-refractivity contribution in [1.29, 1.82) is 0 Å². The molecule has 2 amide bonds. The number of hydrogen-bond acceptors (Lipinski definition) is 6. The molecule has 2 aliphatic carbocycles. The number of hydrogen-bond donors (Lipinski definition) is 2. The SMILES string of the molecule is CN(C(=O)OC(C)(C)C)C1CC(N)C1.CN(C(=O)OC(C)(C)C)C1CC(N)C1. The zero-order valence-corrected chi connectivity index (χ0v) is 18.8. The molecule has 2 fully saturated rings. The van der Waals surface area contributed by atoms with E-state index in [0.717, 1.165) is 25.7 Å². The molecule has 0 bridgehead atoms. The van der Waals surface area contributed by atoms with E-state index in [0.29, 0.717) is 0 Å². The number of amides is 2. The van der Waals surface area contributed by atoms with Crippen LogP contribution in [0.3, 0.4) is 0 Å². The van der Waals surface area contributed by atoms with E-state index < -0.39 is 11.2 Å². The quantitative estimate of drug-likeness (QED) is 0.737. The van der Waals surface area contributed by atoms with Gasteiger partial charge in [-0.25, -0.2) is 9.59 Å². The molecule has 0 heterocycles. The summed E-state index contributed by atoms with van der Waals surface area (Å²) in [5, 5.41) is 0. The first-order valence-electron chi connectivity index (χ1n) is 10.0. The van der Waals surface area contributed by atoms with Gasteiger partial charge in [-0.3, -0.25) is 0 Å². The van der Waals surface area contributed by atoms with Crippen molar-refractivity contribution in [2.45, 2.75) is 103 Å². The van der Waals surface area contributed by atoms with Gasteiger partial charge in [-0.05, 0) is 67.2 Å². The topological polar surface area (TPSA) is 111 Å². The van der Waals surface area contributed by atoms with Crippen molar-refractivity contribution in [2.24, 2.45) is 11.5 Å². The first-order valence-corrected chi connectivity index (χ1v) is 10.0. The highest BCUT2D eigenvalue weighted by Crippen LogP contribution is 2.25. The molecule has 0 radical (unpaired) electrons. The van der Waals surface area contributed by atoms with E-state index in [1.165, 1.54) is 0 Å². The van der Waals surface area contributed by atoms with E-state index in [-0.39, 0.29) is 36.4 Å². The maximum atomic E-state index is 11.6. The van der Waals surface area contributed by atoms with Gasteiger partial charge in [-0.1, -0.05) is 0 Å². The summed E-state index contributed by atoms with van der Waals surface area (Å²) < 4.78 is 10.5. The Morgan fingerprint density at radius 2 is 0.964 bits per heavy atom. The van der Waals surface area contributed by atoms with Crippen molar-refractivity contribution >= 4 is 12.2 Å². The van der Waals surface area contributed by atoms with Crippen molar-refractivity contribution in [3.63, 3.8) is 0 Å². The summed E-state index contributed by atoms with van der Waals surface area (Å²) in [6.07, 6.45) is 3.03. The third-order valence-electron chi connectivity index (χ3n) is 4.76. The van der Waals surface area contributed by atoms with Gasteiger partial charge in [0.05, 0.1) is 0 Å². The van der Waals surface area contributed by atoms with Crippen LogP contribution in [0.4, 0.5) is 9.59 Å². The lowest BCUT2D eigenvalue weighted by Gasteiger charge is -2.39. The molecular weight excluding hydrogens is 360 g/mol. The smallest absolute Gasteiger partial charge is 0.410 e. The molecule has 0 aromatic rings. The van der Waals surface area contributed by atoms with Crippen LogP contribution in [0, 0.1) is 0 Å². The van der Waals surface area contributed by atoms with E-state index in [9.17, 15) is 9.59 Å². The van der Waals surface area contributed by atoms with Gasteiger partial charge in [0.25, 0.3) is 0 Å². The van der Waals surface area contributed by atoms with Crippen LogP contribution in [-0.4, -0.2) is 71.5 Å². The number of nitrogens with two attached hydrogens (primary N) is 2. The Labute approximate surface area is 169 Å². The van der Waals surface area contributed by atoms with Crippen molar-refractivity contribution in [3.8, 4) is 0 Å². The molecule has 2 aliphatic rings. The number of ether oxygens (including phenoxy) is 2. The summed E-state index contributed by atoms with van der Waals surface area (Å²) in [6.45, 7) is 11.2. The molecule has 0 aliphatic heterocycles. The summed E-state index contributed by atoms with van der Waals surface area (Å²) >= 11 is 0. The number of rotatable bonds is 2. The minimum absolute atomic E-state index is 0.255. The van der Waals surface area contributed by atoms with Crippen molar-refractivity contribution in [3.05, 3.63) is 0 Å². The minimum atomic E-state index is -0.419. The molecule has 0 unspecified atom stereocenters. The molecule has 0 atom stereocenters. The maximum Gasteiger partial charge on any atom is 0.410 e. The molecule has 4 N–H and O–H groups in total. The van der Waals surface area contributed by atoms with Crippen LogP contribution < -0.4 is 11.5 Å². The predicted octanol–water partition coefficient (Wildman–Crippen LogP) is 2.69. The standard InChI is InChI=1S/2C10H20N2O2/c2*1-10(2,3)14-9(13)12(4)8-5-7(11)6-8/h2*7-8H,5-6,11H2,1-4H3. The van der Waals surface area contributed by atoms with E-state index >= 15 is 0 Å². The molecule has 8 nitrogen and oxygen atoms in total. The van der Waals surface area contributed by atoms with Gasteiger partial charge < -0.3 is 30.7 Å². The first kappa shape index (κ1) is 24.5. The Hall–Kier alpha value is -1.54. The molecule has 8 heteroatoms. The van der Waals surface area contributed by atoms with Crippen molar-refractivity contribution in [2.75, 3.05) is 14.1 Å². The number of carbonyl (C=O) groups is 2. The van der Waals surface area contributed by atoms with Crippen LogP contribution in [0.25, 0.3) is 0 Å². The molecule has 2 rings (SSSR count). The highest BCUT2D eigenvalue weighted by atomic mass is 16.6. The zero-order chi connectivity index (χ0) is 21.9. The van der Waals surface area contributed by atoms with Crippen LogP contribution in [0.5, 0.6) is 0 Å². The fraction of sp³-hybridized carbons (Fsp3) is 0.900. The molecule has 0 saturated heterocycles. The van der Waals surface area contributed by atoms with Gasteiger partial charge >= 0.3 is 12.2 Å². The fourth-order valence-corrected chi connectivity index (χ4v) is 2.86. The monoisotopic (exact) mass is 400 g/mol. The predicted molar refractivity (Wildman–Crippen MR) is 110 cm³/mol. The lowest BCUT2D eigenvalue weighted by molar-refractivity contribution is 0.0113. The second kappa shape index (κ2) is 9.31. The highest BCUT2D eigenvalue weighted by molar-refractivity contribution is 5.68. The number of carbonyl (C=O) groups excluding carboxylic acids is 2. The second-order valence-electron chi connectivity index (χ2n) is 9.95. The fourth-order valence-electron chi connectivity index (χ4n) is 2.86. The van der Waals surface area contributed by atoms with Gasteiger partial charge in [-0.15, -0.1) is 0 Å². The van der Waals surface area contributed by atoms with Crippen LogP contribution >= 0.6 is 0 Å². The van der Waals surface area contributed by atoms with E-state index in [2.05, 4.69) is 0 Å². The normalized spacial score (nSPS) is 26.6. The summed E-state index contributed by atoms with van der Waals surface area (Å²) in [6, 6.07) is 1.04. The Morgan fingerprint density at radius 1 is 0.714 bits per heavy atom. The van der Waals surface area contributed by atoms with Crippen LogP contribution in [0.2, 0.25) is 0 Å². The highest BCUT2D eigenvalue weighted by Gasteiger charge is 2.34. The molecule has 2 saturated carbocycles. The average Bonchev–Trinajstić information content (AvgIpc) is 2.44. The zero-order valence-electron chi connectivity index (χ0n) is 18.8. The Morgan fingerprint density at radius 3 is 1.14 bits per heavy atom. The lowest BCUT2D eigenvalue weighted by Crippen LogP contribution is -2.52. The second-order valence-corrected chi connectivity index (χ2v) is 9.95. The molecule has 0 spiro atoms. The maximum absolute atomic E-state index is 11.6. The Kier molecular flexibility index (Phi) is 8.14. The largest absolute Gasteiger partial charge is 0.444 e. The van der Waals surface area contributed by atoms with Crippen LogP contribution in [0.1, 0.15) is 67.2 Å². The van der Waals surface area contributed by atoms with Crippen LogP contribution in [-0.2, 0) is 9.47 Å². The van der Waals surface area contributed by atoms with Gasteiger partial charge in [0.15, 0.2) is 0 Å². The summed E-state index contributed by atoms with van der Waals surface area (Å²) in [5.41, 5.74) is 10.5.